The Morgan fingerprint density at radius 2 is 1.67 bits per heavy atom. The van der Waals surface area contributed by atoms with Gasteiger partial charge in [-0.1, -0.05) is 35.3 Å². The standard InChI is InChI=1S/C21H21Cl2NO5S/c1-28-20(26)14-7-5-13(6-8-14)4-3-9-30-12-18(25)24-17-11-15(22)10-16(23)19(17)21(27)29-2/h5-8,10-11H,3-4,9,12H2,1-2H3,(H,24,25). The first kappa shape index (κ1) is 24.1. The molecule has 2 rings (SSSR count). The number of nitrogens with one attached hydrogen (secondary N) is 1. The van der Waals surface area contributed by atoms with E-state index in [2.05, 4.69) is 10.1 Å². The van der Waals surface area contributed by atoms with Gasteiger partial charge in [-0.25, -0.2) is 9.59 Å². The van der Waals surface area contributed by atoms with Crippen molar-refractivity contribution in [2.45, 2.75) is 12.8 Å². The number of benzene rings is 2. The van der Waals surface area contributed by atoms with Gasteiger partial charge in [0.05, 0.1) is 36.2 Å². The van der Waals surface area contributed by atoms with Crippen molar-refractivity contribution in [2.75, 3.05) is 31.0 Å². The second-order valence-corrected chi connectivity index (χ2v) is 8.14. The Bertz CT molecular complexity index is 918. The summed E-state index contributed by atoms with van der Waals surface area (Å²) in [5.41, 5.74) is 1.90. The molecule has 160 valence electrons. The Morgan fingerprint density at radius 1 is 1.00 bits per heavy atom. The summed E-state index contributed by atoms with van der Waals surface area (Å²) in [5.74, 6) is -0.304. The third-order valence-corrected chi connectivity index (χ3v) is 5.64. The van der Waals surface area contributed by atoms with E-state index in [0.717, 1.165) is 24.2 Å². The van der Waals surface area contributed by atoms with Gasteiger partial charge in [-0.3, -0.25) is 4.79 Å². The smallest absolute Gasteiger partial charge is 0.341 e. The first-order valence-electron chi connectivity index (χ1n) is 8.98. The largest absolute Gasteiger partial charge is 0.465 e. The lowest BCUT2D eigenvalue weighted by molar-refractivity contribution is -0.113. The molecule has 6 nitrogen and oxygen atoms in total. The molecule has 2 aromatic carbocycles. The highest BCUT2D eigenvalue weighted by Crippen LogP contribution is 2.30. The van der Waals surface area contributed by atoms with Crippen LogP contribution in [0, 0.1) is 0 Å². The Labute approximate surface area is 189 Å². The molecule has 0 spiro atoms. The van der Waals surface area contributed by atoms with E-state index in [0.29, 0.717) is 10.6 Å². The van der Waals surface area contributed by atoms with E-state index in [1.54, 1.807) is 12.1 Å². The third kappa shape index (κ3) is 6.93. The zero-order valence-electron chi connectivity index (χ0n) is 16.5. The fourth-order valence-electron chi connectivity index (χ4n) is 2.64. The van der Waals surface area contributed by atoms with Crippen LogP contribution in [0.15, 0.2) is 36.4 Å². The monoisotopic (exact) mass is 469 g/mol. The Balaban J connectivity index is 1.81. The van der Waals surface area contributed by atoms with Gasteiger partial charge >= 0.3 is 11.9 Å². The maximum absolute atomic E-state index is 12.2. The quantitative estimate of drug-likeness (QED) is 0.416. The maximum atomic E-state index is 12.2. The number of carbonyl (C=O) groups excluding carboxylic acids is 3. The van der Waals surface area contributed by atoms with Gasteiger partial charge in [-0.2, -0.15) is 11.8 Å². The molecule has 0 aliphatic heterocycles. The van der Waals surface area contributed by atoms with Crippen LogP contribution in [0.1, 0.15) is 32.7 Å². The molecule has 2 aromatic rings. The summed E-state index contributed by atoms with van der Waals surface area (Å²) >= 11 is 13.5. The van der Waals surface area contributed by atoms with Crippen molar-refractivity contribution in [3.05, 3.63) is 63.1 Å². The molecule has 1 N–H and O–H groups in total. The number of esters is 2. The summed E-state index contributed by atoms with van der Waals surface area (Å²) in [5, 5.41) is 3.07. The molecule has 0 aliphatic carbocycles. The lowest BCUT2D eigenvalue weighted by Crippen LogP contribution is -2.17. The number of hydrogen-bond donors (Lipinski definition) is 1. The van der Waals surface area contributed by atoms with Crippen LogP contribution in [-0.4, -0.2) is 43.6 Å². The van der Waals surface area contributed by atoms with Crippen molar-refractivity contribution in [1.29, 1.82) is 0 Å². The lowest BCUT2D eigenvalue weighted by Gasteiger charge is -2.12. The maximum Gasteiger partial charge on any atom is 0.341 e. The average molecular weight is 470 g/mol. The molecule has 0 unspecified atom stereocenters. The fraction of sp³-hybridized carbons (Fsp3) is 0.286. The topological polar surface area (TPSA) is 81.7 Å². The molecule has 0 aliphatic rings. The van der Waals surface area contributed by atoms with Gasteiger partial charge in [0.1, 0.15) is 5.56 Å². The number of anilines is 1. The van der Waals surface area contributed by atoms with Crippen molar-refractivity contribution in [3.8, 4) is 0 Å². The van der Waals surface area contributed by atoms with Crippen molar-refractivity contribution >= 4 is 58.5 Å². The number of amides is 1. The summed E-state index contributed by atoms with van der Waals surface area (Å²) in [6, 6.07) is 10.1. The van der Waals surface area contributed by atoms with Gasteiger partial charge in [0.2, 0.25) is 5.91 Å². The van der Waals surface area contributed by atoms with Gasteiger partial charge in [0.25, 0.3) is 0 Å². The molecule has 30 heavy (non-hydrogen) atoms. The van der Waals surface area contributed by atoms with Crippen LogP contribution in [-0.2, 0) is 20.7 Å². The van der Waals surface area contributed by atoms with E-state index in [9.17, 15) is 14.4 Å². The number of thioether (sulfide) groups is 1. The number of methoxy groups -OCH3 is 2. The van der Waals surface area contributed by atoms with Crippen molar-refractivity contribution in [2.24, 2.45) is 0 Å². The number of hydrogen-bond acceptors (Lipinski definition) is 6. The van der Waals surface area contributed by atoms with Crippen LogP contribution in [0.5, 0.6) is 0 Å². The molecule has 0 heterocycles. The molecule has 0 atom stereocenters. The number of rotatable bonds is 9. The first-order chi connectivity index (χ1) is 14.3. The van der Waals surface area contributed by atoms with Gasteiger partial charge in [0, 0.05) is 5.02 Å². The Hall–Kier alpha value is -2.22. The van der Waals surface area contributed by atoms with E-state index in [1.165, 1.54) is 38.1 Å². The summed E-state index contributed by atoms with van der Waals surface area (Å²) in [7, 11) is 2.58. The molecule has 0 saturated carbocycles. The normalized spacial score (nSPS) is 10.4. The van der Waals surface area contributed by atoms with Crippen molar-refractivity contribution in [1.82, 2.24) is 0 Å². The molecular formula is C21H21Cl2NO5S. The highest BCUT2D eigenvalue weighted by Gasteiger charge is 2.19. The van der Waals surface area contributed by atoms with Gasteiger partial charge in [-0.15, -0.1) is 0 Å². The molecule has 1 amide bonds. The van der Waals surface area contributed by atoms with E-state index in [1.807, 2.05) is 12.1 Å². The minimum absolute atomic E-state index is 0.0670. The predicted molar refractivity (Wildman–Crippen MR) is 120 cm³/mol. The average Bonchev–Trinajstić information content (AvgIpc) is 2.72. The van der Waals surface area contributed by atoms with E-state index < -0.39 is 5.97 Å². The van der Waals surface area contributed by atoms with Crippen LogP contribution in [0.2, 0.25) is 10.0 Å². The molecule has 9 heteroatoms. The summed E-state index contributed by atoms with van der Waals surface area (Å²) in [6.45, 7) is 0. The lowest BCUT2D eigenvalue weighted by atomic mass is 10.1. The minimum atomic E-state index is -0.655. The van der Waals surface area contributed by atoms with Crippen LogP contribution < -0.4 is 5.32 Å². The number of aryl methyl sites for hydroxylation is 1. The highest BCUT2D eigenvalue weighted by molar-refractivity contribution is 7.99. The molecule has 0 fully saturated rings. The zero-order chi connectivity index (χ0) is 22.1. The summed E-state index contributed by atoms with van der Waals surface area (Å²) in [4.78, 5) is 35.6. The first-order valence-corrected chi connectivity index (χ1v) is 10.9. The van der Waals surface area contributed by atoms with Gasteiger partial charge in [0.15, 0.2) is 0 Å². The molecule has 0 radical (unpaired) electrons. The number of halogens is 2. The zero-order valence-corrected chi connectivity index (χ0v) is 18.8. The third-order valence-electron chi connectivity index (χ3n) is 4.08. The van der Waals surface area contributed by atoms with E-state index >= 15 is 0 Å². The molecule has 0 aromatic heterocycles. The SMILES string of the molecule is COC(=O)c1ccc(CCCSCC(=O)Nc2cc(Cl)cc(Cl)c2C(=O)OC)cc1. The summed E-state index contributed by atoms with van der Waals surface area (Å²) in [6.07, 6.45) is 1.69. The Morgan fingerprint density at radius 3 is 2.30 bits per heavy atom. The molecule has 0 bridgehead atoms. The number of carbonyl (C=O) groups is 3. The minimum Gasteiger partial charge on any atom is -0.465 e. The summed E-state index contributed by atoms with van der Waals surface area (Å²) < 4.78 is 9.39. The van der Waals surface area contributed by atoms with E-state index in [4.69, 9.17) is 27.9 Å². The second-order valence-electron chi connectivity index (χ2n) is 6.19. The van der Waals surface area contributed by atoms with Crippen molar-refractivity contribution < 1.29 is 23.9 Å². The van der Waals surface area contributed by atoms with Crippen LogP contribution in [0.4, 0.5) is 5.69 Å². The van der Waals surface area contributed by atoms with Crippen LogP contribution in [0.3, 0.4) is 0 Å². The van der Waals surface area contributed by atoms with Crippen LogP contribution >= 0.6 is 35.0 Å². The van der Waals surface area contributed by atoms with Gasteiger partial charge < -0.3 is 14.8 Å². The molecular weight excluding hydrogens is 449 g/mol. The predicted octanol–water partition coefficient (Wildman–Crippen LogP) is 4.87. The highest BCUT2D eigenvalue weighted by atomic mass is 35.5. The molecule has 0 saturated heterocycles. The van der Waals surface area contributed by atoms with E-state index in [-0.39, 0.29) is 33.9 Å². The second kappa shape index (κ2) is 11.8. The van der Waals surface area contributed by atoms with Crippen molar-refractivity contribution in [3.63, 3.8) is 0 Å². The number of ether oxygens (including phenoxy) is 2. The van der Waals surface area contributed by atoms with Gasteiger partial charge in [-0.05, 0) is 48.4 Å². The fourth-order valence-corrected chi connectivity index (χ4v) is 3.96. The Kier molecular flexibility index (Phi) is 9.49. The van der Waals surface area contributed by atoms with Crippen LogP contribution in [0.25, 0.3) is 0 Å².